The molecule has 0 rings (SSSR count). The van der Waals surface area contributed by atoms with E-state index in [1.54, 1.807) is 7.05 Å². The second-order valence-corrected chi connectivity index (χ2v) is 3.20. The van der Waals surface area contributed by atoms with E-state index in [-0.39, 0.29) is 12.6 Å². The lowest BCUT2D eigenvalue weighted by Gasteiger charge is -2.27. The van der Waals surface area contributed by atoms with Gasteiger partial charge >= 0.3 is 6.18 Å². The van der Waals surface area contributed by atoms with Crippen LogP contribution in [0.2, 0.25) is 0 Å². The van der Waals surface area contributed by atoms with E-state index in [0.29, 0.717) is 6.54 Å². The average molecular weight is 214 g/mol. The lowest BCUT2D eigenvalue weighted by atomic mass is 10.2. The van der Waals surface area contributed by atoms with Gasteiger partial charge < -0.3 is 10.1 Å². The molecule has 14 heavy (non-hydrogen) atoms. The Labute approximate surface area is 82.2 Å². The highest BCUT2D eigenvalue weighted by molar-refractivity contribution is 4.72. The van der Waals surface area contributed by atoms with Gasteiger partial charge in [0, 0.05) is 19.7 Å². The average Bonchev–Trinajstić information content (AvgIpc) is 2.01. The van der Waals surface area contributed by atoms with Crippen molar-refractivity contribution in [3.63, 3.8) is 0 Å². The molecule has 1 atom stereocenters. The Bertz CT molecular complexity index is 146. The van der Waals surface area contributed by atoms with Gasteiger partial charge in [0.25, 0.3) is 0 Å². The quantitative estimate of drug-likeness (QED) is 0.705. The zero-order chi connectivity index (χ0) is 11.2. The van der Waals surface area contributed by atoms with Crippen molar-refractivity contribution in [2.24, 2.45) is 0 Å². The van der Waals surface area contributed by atoms with E-state index >= 15 is 0 Å². The van der Waals surface area contributed by atoms with Crippen molar-refractivity contribution >= 4 is 0 Å². The van der Waals surface area contributed by atoms with Crippen LogP contribution in [-0.4, -0.2) is 58.0 Å². The molecule has 0 spiro atoms. The normalized spacial score (nSPS) is 14.8. The van der Waals surface area contributed by atoms with Gasteiger partial charge in [-0.3, -0.25) is 4.90 Å². The molecule has 0 fully saturated rings. The Hall–Kier alpha value is -0.330. The summed E-state index contributed by atoms with van der Waals surface area (Å²) >= 11 is 0. The fraction of sp³-hybridized carbons (Fsp3) is 1.00. The van der Waals surface area contributed by atoms with Crippen LogP contribution in [0.5, 0.6) is 0 Å². The third-order valence-corrected chi connectivity index (χ3v) is 1.85. The maximum absolute atomic E-state index is 12.0. The van der Waals surface area contributed by atoms with Crippen LogP contribution in [0.25, 0.3) is 0 Å². The summed E-state index contributed by atoms with van der Waals surface area (Å²) in [5.74, 6) is 0. The van der Waals surface area contributed by atoms with Gasteiger partial charge in [0.05, 0.1) is 13.2 Å². The minimum atomic E-state index is -4.16. The summed E-state index contributed by atoms with van der Waals surface area (Å²) < 4.78 is 41.0. The highest BCUT2D eigenvalue weighted by Gasteiger charge is 2.31. The first-order chi connectivity index (χ1) is 6.40. The van der Waals surface area contributed by atoms with Crippen molar-refractivity contribution in [2.45, 2.75) is 12.2 Å². The fourth-order valence-corrected chi connectivity index (χ4v) is 1.18. The molecule has 0 aromatic carbocycles. The molecule has 0 saturated carbocycles. The first-order valence-electron chi connectivity index (χ1n) is 4.31. The van der Waals surface area contributed by atoms with Gasteiger partial charge in [-0.1, -0.05) is 0 Å². The maximum Gasteiger partial charge on any atom is 0.401 e. The Balaban J connectivity index is 4.06. The topological polar surface area (TPSA) is 24.5 Å². The zero-order valence-electron chi connectivity index (χ0n) is 8.69. The number of nitrogens with one attached hydrogen (secondary N) is 1. The number of likely N-dealkylation sites (N-methyl/N-ethyl adjacent to an activating group) is 2. The second-order valence-electron chi connectivity index (χ2n) is 3.20. The van der Waals surface area contributed by atoms with Crippen molar-refractivity contribution in [2.75, 3.05) is 40.9 Å². The van der Waals surface area contributed by atoms with Crippen molar-refractivity contribution in [1.82, 2.24) is 10.2 Å². The fourth-order valence-electron chi connectivity index (χ4n) is 1.18. The number of hydrogen-bond donors (Lipinski definition) is 1. The lowest BCUT2D eigenvalue weighted by molar-refractivity contribution is -0.149. The summed E-state index contributed by atoms with van der Waals surface area (Å²) in [7, 11) is 4.61. The SMILES string of the molecule is CNCC(COC)N(C)CC(F)(F)F. The first-order valence-corrected chi connectivity index (χ1v) is 4.31. The third kappa shape index (κ3) is 6.17. The lowest BCUT2D eigenvalue weighted by Crippen LogP contribution is -2.46. The van der Waals surface area contributed by atoms with Crippen molar-refractivity contribution in [3.05, 3.63) is 0 Å². The number of ether oxygens (including phenoxy) is 1. The molecular formula is C8H17F3N2O. The third-order valence-electron chi connectivity index (χ3n) is 1.85. The van der Waals surface area contributed by atoms with Crippen LogP contribution in [0, 0.1) is 0 Å². The van der Waals surface area contributed by atoms with E-state index in [2.05, 4.69) is 5.32 Å². The van der Waals surface area contributed by atoms with Crippen LogP contribution in [-0.2, 0) is 4.74 Å². The van der Waals surface area contributed by atoms with Crippen LogP contribution in [0.3, 0.4) is 0 Å². The molecule has 0 saturated heterocycles. The smallest absolute Gasteiger partial charge is 0.383 e. The van der Waals surface area contributed by atoms with Gasteiger partial charge in [-0.25, -0.2) is 0 Å². The molecule has 0 aliphatic heterocycles. The highest BCUT2D eigenvalue weighted by atomic mass is 19.4. The predicted octanol–water partition coefficient (Wildman–Crippen LogP) is 0.715. The summed E-state index contributed by atoms with van der Waals surface area (Å²) in [6.45, 7) is -0.156. The maximum atomic E-state index is 12.0. The Morgan fingerprint density at radius 3 is 2.36 bits per heavy atom. The number of rotatable bonds is 6. The summed E-state index contributed by atoms with van der Waals surface area (Å²) in [6, 6.07) is -0.258. The molecule has 1 unspecified atom stereocenters. The Morgan fingerprint density at radius 2 is 2.00 bits per heavy atom. The van der Waals surface area contributed by atoms with Gasteiger partial charge in [0.15, 0.2) is 0 Å². The van der Waals surface area contributed by atoms with E-state index in [1.165, 1.54) is 19.1 Å². The molecule has 0 heterocycles. The van der Waals surface area contributed by atoms with Crippen LogP contribution in [0.4, 0.5) is 13.2 Å². The summed E-state index contributed by atoms with van der Waals surface area (Å²) in [6.07, 6.45) is -4.16. The van der Waals surface area contributed by atoms with Crippen molar-refractivity contribution in [1.29, 1.82) is 0 Å². The van der Waals surface area contributed by atoms with Gasteiger partial charge in [0.1, 0.15) is 0 Å². The van der Waals surface area contributed by atoms with Crippen LogP contribution in [0.1, 0.15) is 0 Å². The molecule has 0 bridgehead atoms. The predicted molar refractivity (Wildman–Crippen MR) is 48.3 cm³/mol. The van der Waals surface area contributed by atoms with Crippen LogP contribution < -0.4 is 5.32 Å². The zero-order valence-corrected chi connectivity index (χ0v) is 8.69. The van der Waals surface area contributed by atoms with Crippen molar-refractivity contribution in [3.8, 4) is 0 Å². The minimum Gasteiger partial charge on any atom is -0.383 e. The Morgan fingerprint density at radius 1 is 1.43 bits per heavy atom. The molecule has 1 N–H and O–H groups in total. The van der Waals surface area contributed by atoms with Gasteiger partial charge in [0.2, 0.25) is 0 Å². The van der Waals surface area contributed by atoms with Gasteiger partial charge in [-0.05, 0) is 14.1 Å². The second kappa shape index (κ2) is 6.21. The van der Waals surface area contributed by atoms with E-state index < -0.39 is 12.7 Å². The first kappa shape index (κ1) is 13.7. The minimum absolute atomic E-state index is 0.258. The standard InChI is InChI=1S/C8H17F3N2O/c1-12-4-7(5-14-3)13(2)6-8(9,10)11/h7,12H,4-6H2,1-3H3. The molecule has 0 amide bonds. The number of nitrogens with zero attached hydrogens (tertiary/aromatic N) is 1. The molecule has 0 aromatic heterocycles. The molecule has 86 valence electrons. The molecule has 0 radical (unpaired) electrons. The molecular weight excluding hydrogens is 197 g/mol. The molecule has 0 aliphatic rings. The largest absolute Gasteiger partial charge is 0.401 e. The number of alkyl halides is 3. The number of halogens is 3. The van der Waals surface area contributed by atoms with Gasteiger partial charge in [-0.2, -0.15) is 13.2 Å². The molecule has 0 aromatic rings. The van der Waals surface area contributed by atoms with E-state index in [4.69, 9.17) is 4.74 Å². The van der Waals surface area contributed by atoms with E-state index in [9.17, 15) is 13.2 Å². The molecule has 6 heteroatoms. The summed E-state index contributed by atoms with van der Waals surface area (Å²) in [5, 5.41) is 2.83. The highest BCUT2D eigenvalue weighted by Crippen LogP contribution is 2.16. The van der Waals surface area contributed by atoms with Gasteiger partial charge in [-0.15, -0.1) is 0 Å². The summed E-state index contributed by atoms with van der Waals surface area (Å²) in [4.78, 5) is 1.24. The Kier molecular flexibility index (Phi) is 6.06. The molecule has 3 nitrogen and oxygen atoms in total. The van der Waals surface area contributed by atoms with Crippen LogP contribution in [0.15, 0.2) is 0 Å². The van der Waals surface area contributed by atoms with E-state index in [1.807, 2.05) is 0 Å². The summed E-state index contributed by atoms with van der Waals surface area (Å²) in [5.41, 5.74) is 0. The van der Waals surface area contributed by atoms with Crippen LogP contribution >= 0.6 is 0 Å². The molecule has 0 aliphatic carbocycles. The number of hydrogen-bond acceptors (Lipinski definition) is 3. The monoisotopic (exact) mass is 214 g/mol. The van der Waals surface area contributed by atoms with Crippen molar-refractivity contribution < 1.29 is 17.9 Å². The number of methoxy groups -OCH3 is 1. The van der Waals surface area contributed by atoms with E-state index in [0.717, 1.165) is 0 Å².